The van der Waals surface area contributed by atoms with Gasteiger partial charge >= 0.3 is 0 Å². The number of rotatable bonds is 3. The van der Waals surface area contributed by atoms with Crippen LogP contribution in [0.15, 0.2) is 48.7 Å². The van der Waals surface area contributed by atoms with Gasteiger partial charge in [0.15, 0.2) is 0 Å². The fourth-order valence-corrected chi connectivity index (χ4v) is 1.64. The molecule has 1 atom stereocenters. The maximum Gasteiger partial charge on any atom is 0.0726 e. The molecule has 0 saturated heterocycles. The minimum absolute atomic E-state index is 0.187. The zero-order valence-corrected chi connectivity index (χ0v) is 9.01. The third-order valence-corrected chi connectivity index (χ3v) is 2.55. The summed E-state index contributed by atoms with van der Waals surface area (Å²) in [6.45, 7) is 0.531. The molecule has 2 rings (SSSR count). The van der Waals surface area contributed by atoms with Crippen LogP contribution in [-0.2, 0) is 6.54 Å². The summed E-state index contributed by atoms with van der Waals surface area (Å²) in [5.41, 5.74) is 14.7. The molecular formula is C13H15N3. The van der Waals surface area contributed by atoms with Crippen molar-refractivity contribution in [2.45, 2.75) is 12.6 Å². The Balaban J connectivity index is 2.30. The van der Waals surface area contributed by atoms with Crippen LogP contribution in [-0.4, -0.2) is 4.98 Å². The highest BCUT2D eigenvalue weighted by Crippen LogP contribution is 2.18. The second kappa shape index (κ2) is 4.88. The van der Waals surface area contributed by atoms with Gasteiger partial charge in [0.25, 0.3) is 0 Å². The SMILES string of the molecule is NCc1cccc(C(N)c2ccccn2)c1. The summed E-state index contributed by atoms with van der Waals surface area (Å²) in [5, 5.41) is 0. The van der Waals surface area contributed by atoms with Crippen molar-refractivity contribution in [2.24, 2.45) is 11.5 Å². The molecule has 0 aliphatic carbocycles. The van der Waals surface area contributed by atoms with Crippen LogP contribution in [0.2, 0.25) is 0 Å². The topological polar surface area (TPSA) is 64.9 Å². The highest BCUT2D eigenvalue weighted by molar-refractivity contribution is 5.30. The van der Waals surface area contributed by atoms with Gasteiger partial charge in [0, 0.05) is 12.7 Å². The number of hydrogen-bond acceptors (Lipinski definition) is 3. The summed E-state index contributed by atoms with van der Waals surface area (Å²) in [7, 11) is 0. The highest BCUT2D eigenvalue weighted by atomic mass is 14.8. The fraction of sp³-hybridized carbons (Fsp3) is 0.154. The first kappa shape index (κ1) is 10.8. The van der Waals surface area contributed by atoms with Crippen LogP contribution in [0.1, 0.15) is 22.9 Å². The number of benzene rings is 1. The molecular weight excluding hydrogens is 198 g/mol. The van der Waals surface area contributed by atoms with E-state index in [1.807, 2.05) is 42.5 Å². The number of nitrogens with zero attached hydrogens (tertiary/aromatic N) is 1. The number of nitrogens with two attached hydrogens (primary N) is 2. The van der Waals surface area contributed by atoms with Crippen LogP contribution in [0.5, 0.6) is 0 Å². The second-order valence-electron chi connectivity index (χ2n) is 3.68. The Kier molecular flexibility index (Phi) is 3.29. The van der Waals surface area contributed by atoms with Gasteiger partial charge in [-0.05, 0) is 23.3 Å². The lowest BCUT2D eigenvalue weighted by Gasteiger charge is -2.12. The van der Waals surface area contributed by atoms with Gasteiger partial charge in [0.2, 0.25) is 0 Å². The quantitative estimate of drug-likeness (QED) is 0.813. The normalized spacial score (nSPS) is 12.4. The van der Waals surface area contributed by atoms with E-state index in [0.29, 0.717) is 6.54 Å². The molecule has 3 nitrogen and oxygen atoms in total. The average molecular weight is 213 g/mol. The van der Waals surface area contributed by atoms with E-state index >= 15 is 0 Å². The molecule has 1 aromatic carbocycles. The molecule has 1 heterocycles. The Morgan fingerprint density at radius 2 is 2.00 bits per heavy atom. The van der Waals surface area contributed by atoms with Crippen LogP contribution in [0, 0.1) is 0 Å². The number of hydrogen-bond donors (Lipinski definition) is 2. The van der Waals surface area contributed by atoms with Crippen molar-refractivity contribution >= 4 is 0 Å². The Labute approximate surface area is 95.1 Å². The van der Waals surface area contributed by atoms with Crippen molar-refractivity contribution in [2.75, 3.05) is 0 Å². The fourth-order valence-electron chi connectivity index (χ4n) is 1.64. The maximum atomic E-state index is 6.14. The van der Waals surface area contributed by atoms with E-state index in [4.69, 9.17) is 11.5 Å². The van der Waals surface area contributed by atoms with E-state index in [-0.39, 0.29) is 6.04 Å². The van der Waals surface area contributed by atoms with Gasteiger partial charge < -0.3 is 11.5 Å². The van der Waals surface area contributed by atoms with Gasteiger partial charge in [0.1, 0.15) is 0 Å². The molecule has 3 heteroatoms. The van der Waals surface area contributed by atoms with E-state index in [9.17, 15) is 0 Å². The molecule has 0 fully saturated rings. The maximum absolute atomic E-state index is 6.14. The molecule has 2 aromatic rings. The molecule has 4 N–H and O–H groups in total. The van der Waals surface area contributed by atoms with Gasteiger partial charge in [0.05, 0.1) is 11.7 Å². The molecule has 0 spiro atoms. The molecule has 82 valence electrons. The molecule has 0 aliphatic heterocycles. The van der Waals surface area contributed by atoms with Crippen LogP contribution in [0.4, 0.5) is 0 Å². The van der Waals surface area contributed by atoms with Gasteiger partial charge in [-0.2, -0.15) is 0 Å². The van der Waals surface area contributed by atoms with Crippen molar-refractivity contribution in [3.63, 3.8) is 0 Å². The van der Waals surface area contributed by atoms with Gasteiger partial charge in [-0.3, -0.25) is 4.98 Å². The van der Waals surface area contributed by atoms with E-state index in [1.165, 1.54) is 0 Å². The van der Waals surface area contributed by atoms with Crippen molar-refractivity contribution in [3.8, 4) is 0 Å². The Morgan fingerprint density at radius 1 is 1.12 bits per heavy atom. The van der Waals surface area contributed by atoms with Gasteiger partial charge in [-0.25, -0.2) is 0 Å². The molecule has 1 aromatic heterocycles. The molecule has 0 amide bonds. The third-order valence-electron chi connectivity index (χ3n) is 2.55. The first-order valence-corrected chi connectivity index (χ1v) is 5.26. The zero-order valence-electron chi connectivity index (χ0n) is 9.01. The zero-order chi connectivity index (χ0) is 11.4. The lowest BCUT2D eigenvalue weighted by Crippen LogP contribution is -2.13. The summed E-state index contributed by atoms with van der Waals surface area (Å²) in [5.74, 6) is 0. The van der Waals surface area contributed by atoms with E-state index in [2.05, 4.69) is 4.98 Å². The number of aromatic nitrogens is 1. The molecule has 16 heavy (non-hydrogen) atoms. The van der Waals surface area contributed by atoms with Crippen molar-refractivity contribution in [1.29, 1.82) is 0 Å². The summed E-state index contributed by atoms with van der Waals surface area (Å²) in [6, 6.07) is 13.6. The number of pyridine rings is 1. The van der Waals surface area contributed by atoms with Crippen molar-refractivity contribution in [1.82, 2.24) is 4.98 Å². The largest absolute Gasteiger partial charge is 0.326 e. The lowest BCUT2D eigenvalue weighted by molar-refractivity contribution is 0.825. The molecule has 0 saturated carbocycles. The Hall–Kier alpha value is -1.71. The predicted octanol–water partition coefficient (Wildman–Crippen LogP) is 1.59. The Morgan fingerprint density at radius 3 is 2.69 bits per heavy atom. The molecule has 0 radical (unpaired) electrons. The minimum atomic E-state index is -0.187. The molecule has 1 unspecified atom stereocenters. The van der Waals surface area contributed by atoms with E-state index in [1.54, 1.807) is 6.20 Å². The molecule has 0 aliphatic rings. The first-order valence-electron chi connectivity index (χ1n) is 5.26. The summed E-state index contributed by atoms with van der Waals surface area (Å²) < 4.78 is 0. The van der Waals surface area contributed by atoms with Crippen molar-refractivity contribution in [3.05, 3.63) is 65.5 Å². The van der Waals surface area contributed by atoms with Crippen LogP contribution >= 0.6 is 0 Å². The first-order chi connectivity index (χ1) is 7.81. The van der Waals surface area contributed by atoms with E-state index in [0.717, 1.165) is 16.8 Å². The highest BCUT2D eigenvalue weighted by Gasteiger charge is 2.09. The van der Waals surface area contributed by atoms with Gasteiger partial charge in [-0.1, -0.05) is 30.3 Å². The molecule has 0 bridgehead atoms. The van der Waals surface area contributed by atoms with Crippen LogP contribution < -0.4 is 11.5 Å². The van der Waals surface area contributed by atoms with Crippen molar-refractivity contribution < 1.29 is 0 Å². The third kappa shape index (κ3) is 2.27. The smallest absolute Gasteiger partial charge is 0.0726 e. The summed E-state index contributed by atoms with van der Waals surface area (Å²) >= 11 is 0. The van der Waals surface area contributed by atoms with Crippen LogP contribution in [0.25, 0.3) is 0 Å². The summed E-state index contributed by atoms with van der Waals surface area (Å²) in [4.78, 5) is 4.25. The Bertz CT molecular complexity index is 454. The minimum Gasteiger partial charge on any atom is -0.326 e. The van der Waals surface area contributed by atoms with Gasteiger partial charge in [-0.15, -0.1) is 0 Å². The van der Waals surface area contributed by atoms with Crippen LogP contribution in [0.3, 0.4) is 0 Å². The second-order valence-corrected chi connectivity index (χ2v) is 3.68. The van der Waals surface area contributed by atoms with E-state index < -0.39 is 0 Å². The summed E-state index contributed by atoms with van der Waals surface area (Å²) in [6.07, 6.45) is 1.75. The monoisotopic (exact) mass is 213 g/mol. The average Bonchev–Trinajstić information content (AvgIpc) is 2.39. The predicted molar refractivity (Wildman–Crippen MR) is 64.6 cm³/mol. The lowest BCUT2D eigenvalue weighted by atomic mass is 10.0. The standard InChI is InChI=1S/C13H15N3/c14-9-10-4-3-5-11(8-10)13(15)12-6-1-2-7-16-12/h1-8,13H,9,14-15H2.